The van der Waals surface area contributed by atoms with Gasteiger partial charge in [0.15, 0.2) is 0 Å². The molecule has 0 fully saturated rings. The van der Waals surface area contributed by atoms with E-state index in [0.29, 0.717) is 10.4 Å². The predicted octanol–water partition coefficient (Wildman–Crippen LogP) is 6.42. The number of carbonyl (C=O) groups excluding carboxylic acids is 1. The number of hydrogen-bond acceptors (Lipinski definition) is 3. The Hall–Kier alpha value is -3.51. The van der Waals surface area contributed by atoms with Crippen molar-refractivity contribution in [3.8, 4) is 21.9 Å². The van der Waals surface area contributed by atoms with Crippen LogP contribution in [0.2, 0.25) is 0 Å². The summed E-state index contributed by atoms with van der Waals surface area (Å²) in [7, 11) is 0. The maximum Gasteiger partial charge on any atom is 0.261 e. The van der Waals surface area contributed by atoms with Crippen molar-refractivity contribution in [1.82, 2.24) is 5.32 Å². The summed E-state index contributed by atoms with van der Waals surface area (Å²) in [5, 5.41) is 2.69. The van der Waals surface area contributed by atoms with Crippen molar-refractivity contribution in [2.75, 3.05) is 0 Å². The largest absolute Gasteiger partial charge is 0.457 e. The Balaban J connectivity index is 1.40. The van der Waals surface area contributed by atoms with Gasteiger partial charge in [0, 0.05) is 17.5 Å². The summed E-state index contributed by atoms with van der Waals surface area (Å²) in [6, 6.07) is 23.9. The van der Waals surface area contributed by atoms with E-state index in [2.05, 4.69) is 5.32 Å². The van der Waals surface area contributed by atoms with Gasteiger partial charge < -0.3 is 10.1 Å². The summed E-state index contributed by atoms with van der Waals surface area (Å²) in [6.07, 6.45) is 0. The van der Waals surface area contributed by atoms with Crippen LogP contribution in [0.5, 0.6) is 11.5 Å². The first kappa shape index (κ1) is 19.8. The van der Waals surface area contributed by atoms with E-state index in [4.69, 9.17) is 4.74 Å². The lowest BCUT2D eigenvalue weighted by Gasteiger charge is -2.06. The van der Waals surface area contributed by atoms with Gasteiger partial charge in [-0.05, 0) is 71.8 Å². The highest BCUT2D eigenvalue weighted by Crippen LogP contribution is 2.30. The van der Waals surface area contributed by atoms with Crippen LogP contribution in [0.15, 0.2) is 84.9 Å². The minimum absolute atomic E-state index is 0.0479. The van der Waals surface area contributed by atoms with Crippen LogP contribution in [0.4, 0.5) is 8.78 Å². The van der Waals surface area contributed by atoms with Crippen LogP contribution < -0.4 is 10.1 Å². The van der Waals surface area contributed by atoms with Gasteiger partial charge in [0.05, 0.1) is 4.88 Å². The highest BCUT2D eigenvalue weighted by Gasteiger charge is 2.11. The van der Waals surface area contributed by atoms with E-state index in [-0.39, 0.29) is 12.5 Å². The molecular formula is C24H17F2NO2S. The molecule has 0 saturated heterocycles. The summed E-state index contributed by atoms with van der Waals surface area (Å²) in [4.78, 5) is 13.8. The monoisotopic (exact) mass is 421 g/mol. The molecule has 0 atom stereocenters. The minimum atomic E-state index is -0.669. The Kier molecular flexibility index (Phi) is 5.86. The Bertz CT molecular complexity index is 1140. The van der Waals surface area contributed by atoms with Gasteiger partial charge in [-0.2, -0.15) is 0 Å². The Labute approximate surface area is 176 Å². The van der Waals surface area contributed by atoms with Crippen LogP contribution in [0, 0.1) is 11.6 Å². The quantitative estimate of drug-likeness (QED) is 0.390. The van der Waals surface area contributed by atoms with Gasteiger partial charge in [-0.25, -0.2) is 8.78 Å². The van der Waals surface area contributed by atoms with Gasteiger partial charge in [0.2, 0.25) is 0 Å². The number of para-hydroxylation sites is 1. The molecular weight excluding hydrogens is 404 g/mol. The van der Waals surface area contributed by atoms with E-state index in [9.17, 15) is 13.6 Å². The zero-order valence-corrected chi connectivity index (χ0v) is 16.6. The molecule has 3 nitrogen and oxygen atoms in total. The normalized spacial score (nSPS) is 10.6. The van der Waals surface area contributed by atoms with Gasteiger partial charge in [-0.15, -0.1) is 11.3 Å². The maximum absolute atomic E-state index is 13.3. The molecule has 0 aliphatic rings. The van der Waals surface area contributed by atoms with E-state index in [0.717, 1.165) is 28.0 Å². The van der Waals surface area contributed by atoms with Crippen LogP contribution in [-0.4, -0.2) is 5.91 Å². The van der Waals surface area contributed by atoms with Crippen molar-refractivity contribution in [3.05, 3.63) is 107 Å². The van der Waals surface area contributed by atoms with Crippen LogP contribution in [0.3, 0.4) is 0 Å². The lowest BCUT2D eigenvalue weighted by atomic mass is 10.2. The third-order valence-corrected chi connectivity index (χ3v) is 5.46. The number of halogens is 2. The molecule has 1 amide bonds. The van der Waals surface area contributed by atoms with Crippen LogP contribution in [0.25, 0.3) is 10.4 Å². The topological polar surface area (TPSA) is 38.3 Å². The molecule has 1 N–H and O–H groups in total. The van der Waals surface area contributed by atoms with Gasteiger partial charge >= 0.3 is 0 Å². The number of hydrogen-bond donors (Lipinski definition) is 1. The lowest BCUT2D eigenvalue weighted by Crippen LogP contribution is -2.21. The highest BCUT2D eigenvalue weighted by atomic mass is 32.1. The van der Waals surface area contributed by atoms with Gasteiger partial charge in [0.1, 0.15) is 23.1 Å². The predicted molar refractivity (Wildman–Crippen MR) is 114 cm³/mol. The first-order valence-electron chi connectivity index (χ1n) is 9.23. The molecule has 30 heavy (non-hydrogen) atoms. The molecule has 0 spiro atoms. The average molecular weight is 421 g/mol. The number of amides is 1. The van der Waals surface area contributed by atoms with E-state index in [1.54, 1.807) is 6.07 Å². The van der Waals surface area contributed by atoms with Crippen LogP contribution in [-0.2, 0) is 6.54 Å². The molecule has 150 valence electrons. The van der Waals surface area contributed by atoms with E-state index >= 15 is 0 Å². The fraction of sp³-hybridized carbons (Fsp3) is 0.0417. The summed E-state index contributed by atoms with van der Waals surface area (Å²) >= 11 is 1.34. The zero-order valence-electron chi connectivity index (χ0n) is 15.8. The second kappa shape index (κ2) is 8.88. The van der Waals surface area contributed by atoms with Crippen molar-refractivity contribution < 1.29 is 18.3 Å². The van der Waals surface area contributed by atoms with E-state index < -0.39 is 11.6 Å². The number of ether oxygens (including phenoxy) is 1. The van der Waals surface area contributed by atoms with Crippen molar-refractivity contribution in [1.29, 1.82) is 0 Å². The van der Waals surface area contributed by atoms with Crippen LogP contribution >= 0.6 is 11.3 Å². The summed E-state index contributed by atoms with van der Waals surface area (Å²) in [5.74, 6) is -0.144. The van der Waals surface area contributed by atoms with Gasteiger partial charge in [-0.1, -0.05) is 18.2 Å². The SMILES string of the molecule is O=C(NCc1cc(F)cc(F)c1)c1ccc(-c2ccc(Oc3ccccc3)cc2)s1. The van der Waals surface area contributed by atoms with Crippen molar-refractivity contribution in [3.63, 3.8) is 0 Å². The molecule has 0 saturated carbocycles. The summed E-state index contributed by atoms with van der Waals surface area (Å²) in [5.41, 5.74) is 1.33. The smallest absolute Gasteiger partial charge is 0.261 e. The maximum atomic E-state index is 13.3. The fourth-order valence-corrected chi connectivity index (χ4v) is 3.84. The molecule has 1 heterocycles. The van der Waals surface area contributed by atoms with E-state index in [1.165, 1.54) is 23.5 Å². The Morgan fingerprint density at radius 3 is 2.20 bits per heavy atom. The standard InChI is InChI=1S/C24H17F2NO2S/c25-18-12-16(13-19(26)14-18)15-27-24(28)23-11-10-22(30-23)17-6-8-21(9-7-17)29-20-4-2-1-3-5-20/h1-14H,15H2,(H,27,28). The number of rotatable bonds is 6. The first-order valence-corrected chi connectivity index (χ1v) is 10.0. The average Bonchev–Trinajstić information content (AvgIpc) is 3.23. The summed E-state index contributed by atoms with van der Waals surface area (Å²) < 4.78 is 32.3. The van der Waals surface area contributed by atoms with Crippen molar-refractivity contribution in [2.45, 2.75) is 6.54 Å². The second-order valence-corrected chi connectivity index (χ2v) is 7.65. The third kappa shape index (κ3) is 4.90. The number of nitrogens with one attached hydrogen (secondary N) is 1. The fourth-order valence-electron chi connectivity index (χ4n) is 2.91. The van der Waals surface area contributed by atoms with Crippen molar-refractivity contribution >= 4 is 17.2 Å². The molecule has 6 heteroatoms. The molecule has 4 rings (SSSR count). The minimum Gasteiger partial charge on any atom is -0.457 e. The van der Waals surface area contributed by atoms with E-state index in [1.807, 2.05) is 60.7 Å². The molecule has 0 aliphatic heterocycles. The van der Waals surface area contributed by atoms with Crippen LogP contribution in [0.1, 0.15) is 15.2 Å². The number of carbonyl (C=O) groups is 1. The molecule has 0 bridgehead atoms. The molecule has 0 radical (unpaired) electrons. The summed E-state index contributed by atoms with van der Waals surface area (Å²) in [6.45, 7) is 0.0479. The molecule has 0 aliphatic carbocycles. The van der Waals surface area contributed by atoms with Gasteiger partial charge in [-0.3, -0.25) is 4.79 Å². The third-order valence-electron chi connectivity index (χ3n) is 4.32. The Morgan fingerprint density at radius 2 is 1.50 bits per heavy atom. The first-order chi connectivity index (χ1) is 14.6. The van der Waals surface area contributed by atoms with Crippen molar-refractivity contribution in [2.24, 2.45) is 0 Å². The zero-order chi connectivity index (χ0) is 20.9. The Morgan fingerprint density at radius 1 is 0.833 bits per heavy atom. The lowest BCUT2D eigenvalue weighted by molar-refractivity contribution is 0.0955. The highest BCUT2D eigenvalue weighted by molar-refractivity contribution is 7.17. The second-order valence-electron chi connectivity index (χ2n) is 6.56. The molecule has 1 aromatic heterocycles. The number of benzene rings is 3. The molecule has 3 aromatic carbocycles. The number of thiophene rings is 1. The van der Waals surface area contributed by atoms with Gasteiger partial charge in [0.25, 0.3) is 5.91 Å². The molecule has 0 unspecified atom stereocenters. The molecule has 4 aromatic rings.